The Balaban J connectivity index is 1.75. The van der Waals surface area contributed by atoms with Crippen molar-refractivity contribution >= 4 is 23.6 Å². The van der Waals surface area contributed by atoms with Gasteiger partial charge in [0, 0.05) is 18.6 Å². The molecule has 2 aromatic heterocycles. The zero-order chi connectivity index (χ0) is 18.6. The molecule has 1 N–H and O–H groups in total. The van der Waals surface area contributed by atoms with Gasteiger partial charge in [-0.3, -0.25) is 9.36 Å². The summed E-state index contributed by atoms with van der Waals surface area (Å²) in [6.45, 7) is 8.47. The van der Waals surface area contributed by atoms with Gasteiger partial charge in [0.1, 0.15) is 5.76 Å². The molecule has 1 saturated heterocycles. The van der Waals surface area contributed by atoms with Crippen molar-refractivity contribution in [1.82, 2.24) is 20.1 Å². The van der Waals surface area contributed by atoms with Crippen LogP contribution in [0.4, 0.5) is 5.95 Å². The van der Waals surface area contributed by atoms with E-state index >= 15 is 0 Å². The molecule has 7 nitrogen and oxygen atoms in total. The standard InChI is InChI=1S/C18H27N5O2S/c1-18(2,3)19-15(24)13-26-17-21-20-16(22-9-5-4-6-10-22)23(17)12-14-8-7-11-25-14/h7-8,11H,4-6,9-10,12-13H2,1-3H3,(H,19,24). The number of nitrogens with zero attached hydrogens (tertiary/aromatic N) is 4. The van der Waals surface area contributed by atoms with Gasteiger partial charge in [0.05, 0.1) is 18.6 Å². The predicted molar refractivity (Wildman–Crippen MR) is 103 cm³/mol. The van der Waals surface area contributed by atoms with Crippen molar-refractivity contribution in [1.29, 1.82) is 0 Å². The Morgan fingerprint density at radius 3 is 2.69 bits per heavy atom. The van der Waals surface area contributed by atoms with Crippen molar-refractivity contribution in [2.75, 3.05) is 23.7 Å². The van der Waals surface area contributed by atoms with Crippen molar-refractivity contribution in [2.24, 2.45) is 0 Å². The van der Waals surface area contributed by atoms with Crippen LogP contribution in [0, 0.1) is 0 Å². The van der Waals surface area contributed by atoms with Gasteiger partial charge < -0.3 is 14.6 Å². The third kappa shape index (κ3) is 5.03. The van der Waals surface area contributed by atoms with E-state index in [1.807, 2.05) is 32.9 Å². The Kier molecular flexibility index (Phi) is 5.90. The summed E-state index contributed by atoms with van der Waals surface area (Å²) in [4.78, 5) is 14.4. The molecule has 0 radical (unpaired) electrons. The van der Waals surface area contributed by atoms with E-state index < -0.39 is 0 Å². The minimum atomic E-state index is -0.238. The first kappa shape index (κ1) is 18.8. The highest BCUT2D eigenvalue weighted by atomic mass is 32.2. The number of nitrogens with one attached hydrogen (secondary N) is 1. The van der Waals surface area contributed by atoms with E-state index in [0.717, 1.165) is 30.0 Å². The second-order valence-corrected chi connectivity index (χ2v) is 8.53. The quantitative estimate of drug-likeness (QED) is 0.780. The molecule has 142 valence electrons. The van der Waals surface area contributed by atoms with Crippen LogP contribution < -0.4 is 10.2 Å². The number of hydrogen-bond acceptors (Lipinski definition) is 6. The lowest BCUT2D eigenvalue weighted by Gasteiger charge is -2.27. The van der Waals surface area contributed by atoms with Crippen LogP contribution in [0.2, 0.25) is 0 Å². The highest BCUT2D eigenvalue weighted by molar-refractivity contribution is 7.99. The van der Waals surface area contributed by atoms with E-state index in [4.69, 9.17) is 4.42 Å². The van der Waals surface area contributed by atoms with Crippen LogP contribution in [0.3, 0.4) is 0 Å². The first-order chi connectivity index (χ1) is 12.4. The van der Waals surface area contributed by atoms with Gasteiger partial charge in [-0.1, -0.05) is 11.8 Å². The lowest BCUT2D eigenvalue weighted by molar-refractivity contribution is -0.119. The molecule has 0 atom stereocenters. The molecule has 0 aliphatic carbocycles. The number of furan rings is 1. The minimum absolute atomic E-state index is 0.00503. The summed E-state index contributed by atoms with van der Waals surface area (Å²) >= 11 is 1.41. The van der Waals surface area contributed by atoms with Crippen LogP contribution >= 0.6 is 11.8 Å². The highest BCUT2D eigenvalue weighted by Crippen LogP contribution is 2.25. The lowest BCUT2D eigenvalue weighted by Crippen LogP contribution is -2.41. The third-order valence-electron chi connectivity index (χ3n) is 4.08. The Labute approximate surface area is 158 Å². The topological polar surface area (TPSA) is 76.2 Å². The van der Waals surface area contributed by atoms with E-state index in [0.29, 0.717) is 12.3 Å². The molecule has 1 fully saturated rings. The van der Waals surface area contributed by atoms with Gasteiger partial charge in [-0.2, -0.15) is 0 Å². The molecule has 26 heavy (non-hydrogen) atoms. The van der Waals surface area contributed by atoms with Crippen molar-refractivity contribution in [3.63, 3.8) is 0 Å². The van der Waals surface area contributed by atoms with E-state index in [-0.39, 0.29) is 11.4 Å². The third-order valence-corrected chi connectivity index (χ3v) is 5.04. The molecule has 0 unspecified atom stereocenters. The summed E-state index contributed by atoms with van der Waals surface area (Å²) in [5.41, 5.74) is -0.238. The average molecular weight is 378 g/mol. The number of rotatable bonds is 6. The number of thioether (sulfide) groups is 1. The van der Waals surface area contributed by atoms with E-state index in [1.165, 1.54) is 31.0 Å². The largest absolute Gasteiger partial charge is 0.467 e. The van der Waals surface area contributed by atoms with Crippen LogP contribution in [0.5, 0.6) is 0 Å². The fourth-order valence-corrected chi connectivity index (χ4v) is 3.73. The van der Waals surface area contributed by atoms with E-state index in [9.17, 15) is 4.79 Å². The van der Waals surface area contributed by atoms with Gasteiger partial charge in [0.2, 0.25) is 11.9 Å². The zero-order valence-corrected chi connectivity index (χ0v) is 16.5. The van der Waals surface area contributed by atoms with Gasteiger partial charge in [-0.05, 0) is 52.2 Å². The first-order valence-electron chi connectivity index (χ1n) is 9.07. The van der Waals surface area contributed by atoms with Crippen LogP contribution in [-0.4, -0.2) is 45.1 Å². The Hall–Kier alpha value is -1.96. The molecule has 1 aliphatic heterocycles. The first-order valence-corrected chi connectivity index (χ1v) is 10.1. The van der Waals surface area contributed by atoms with Crippen LogP contribution in [-0.2, 0) is 11.3 Å². The number of piperidine rings is 1. The molecule has 0 bridgehead atoms. The monoisotopic (exact) mass is 377 g/mol. The lowest BCUT2D eigenvalue weighted by atomic mass is 10.1. The maximum atomic E-state index is 12.2. The number of amides is 1. The number of hydrogen-bond donors (Lipinski definition) is 1. The molecule has 3 rings (SSSR count). The molecular formula is C18H27N5O2S. The molecule has 3 heterocycles. The molecule has 2 aromatic rings. The number of anilines is 1. The number of aromatic nitrogens is 3. The van der Waals surface area contributed by atoms with Gasteiger partial charge in [-0.25, -0.2) is 0 Å². The minimum Gasteiger partial charge on any atom is -0.467 e. The summed E-state index contributed by atoms with van der Waals surface area (Å²) in [5.74, 6) is 2.02. The molecule has 0 spiro atoms. The highest BCUT2D eigenvalue weighted by Gasteiger charge is 2.22. The van der Waals surface area contributed by atoms with Gasteiger partial charge in [0.25, 0.3) is 0 Å². The maximum Gasteiger partial charge on any atom is 0.230 e. The second-order valence-electron chi connectivity index (χ2n) is 7.58. The summed E-state index contributed by atoms with van der Waals surface area (Å²) in [7, 11) is 0. The fraction of sp³-hybridized carbons (Fsp3) is 0.611. The van der Waals surface area contributed by atoms with E-state index in [1.54, 1.807) is 6.26 Å². The predicted octanol–water partition coefficient (Wildman–Crippen LogP) is 2.92. The molecule has 1 amide bonds. The smallest absolute Gasteiger partial charge is 0.230 e. The van der Waals surface area contributed by atoms with Crippen molar-refractivity contribution in [3.8, 4) is 0 Å². The Morgan fingerprint density at radius 1 is 1.27 bits per heavy atom. The van der Waals surface area contributed by atoms with Gasteiger partial charge in [-0.15, -0.1) is 10.2 Å². The summed E-state index contributed by atoms with van der Waals surface area (Å²) in [6.07, 6.45) is 5.27. The number of carbonyl (C=O) groups is 1. The Morgan fingerprint density at radius 2 is 2.04 bits per heavy atom. The molecular weight excluding hydrogens is 350 g/mol. The van der Waals surface area contributed by atoms with Crippen molar-refractivity contribution < 1.29 is 9.21 Å². The van der Waals surface area contributed by atoms with Crippen molar-refractivity contribution in [3.05, 3.63) is 24.2 Å². The SMILES string of the molecule is CC(C)(C)NC(=O)CSc1nnc(N2CCCCC2)n1Cc1ccco1. The second kappa shape index (κ2) is 8.16. The Bertz CT molecular complexity index is 715. The van der Waals surface area contributed by atoms with Crippen LogP contribution in [0.25, 0.3) is 0 Å². The molecule has 0 aromatic carbocycles. The average Bonchev–Trinajstić information content (AvgIpc) is 3.23. The van der Waals surface area contributed by atoms with Crippen LogP contribution in [0.1, 0.15) is 45.8 Å². The zero-order valence-electron chi connectivity index (χ0n) is 15.7. The normalized spacial score (nSPS) is 15.3. The van der Waals surface area contributed by atoms with Crippen LogP contribution in [0.15, 0.2) is 28.0 Å². The fourth-order valence-electron chi connectivity index (χ4n) is 3.00. The molecule has 0 saturated carbocycles. The number of carbonyl (C=O) groups excluding carboxylic acids is 1. The maximum absolute atomic E-state index is 12.2. The van der Waals surface area contributed by atoms with Gasteiger partial charge >= 0.3 is 0 Å². The summed E-state index contributed by atoms with van der Waals surface area (Å²) in [5, 5.41) is 12.5. The summed E-state index contributed by atoms with van der Waals surface area (Å²) < 4.78 is 7.57. The molecule has 1 aliphatic rings. The van der Waals surface area contributed by atoms with E-state index in [2.05, 4.69) is 25.0 Å². The van der Waals surface area contributed by atoms with Gasteiger partial charge in [0.15, 0.2) is 5.16 Å². The van der Waals surface area contributed by atoms with Crippen molar-refractivity contribution in [2.45, 2.75) is 57.3 Å². The molecule has 8 heteroatoms. The summed E-state index contributed by atoms with van der Waals surface area (Å²) in [6, 6.07) is 3.82.